The Kier molecular flexibility index (Phi) is 2.69. The largest absolute Gasteiger partial charge is 0.550 e. The molecule has 0 heterocycles. The predicted molar refractivity (Wildman–Crippen MR) is 52.5 cm³/mol. The van der Waals surface area contributed by atoms with E-state index in [1.165, 1.54) is 0 Å². The Balaban J connectivity index is 2.14. The number of fused-ring (bicyclic) bond motifs is 2. The Morgan fingerprint density at radius 3 is 2.56 bits per heavy atom. The van der Waals surface area contributed by atoms with E-state index in [2.05, 4.69) is 5.92 Å². The van der Waals surface area contributed by atoms with Crippen LogP contribution >= 0.6 is 0 Å². The summed E-state index contributed by atoms with van der Waals surface area (Å²) in [6.45, 7) is -0.115. The Bertz CT molecular complexity index is 390. The summed E-state index contributed by atoms with van der Waals surface area (Å²) < 4.78 is 4.81. The quantitative estimate of drug-likeness (QED) is 0.359. The molecule has 2 aliphatic carbocycles. The van der Waals surface area contributed by atoms with Gasteiger partial charge in [0, 0.05) is 11.9 Å². The standard InChI is InChI=1S/C12H12O4/c1-2-5-16-12(15)10-8-4-3-7(6-8)9(10)11(13)14/h1,3-4,7-10H,5-6H2,(H,13,14)/p-1/t7-,8+,9+,10+/m0/s1. The first-order chi connectivity index (χ1) is 7.65. The number of carbonyl (C=O) groups excluding carboxylic acids is 2. The number of ether oxygens (including phenoxy) is 1. The minimum Gasteiger partial charge on any atom is -0.550 e. The van der Waals surface area contributed by atoms with Crippen molar-refractivity contribution in [2.24, 2.45) is 23.7 Å². The monoisotopic (exact) mass is 219 g/mol. The number of rotatable bonds is 3. The van der Waals surface area contributed by atoms with Gasteiger partial charge in [-0.05, 0) is 18.3 Å². The van der Waals surface area contributed by atoms with Gasteiger partial charge in [-0.15, -0.1) is 6.42 Å². The predicted octanol–water partition coefficient (Wildman–Crippen LogP) is -0.649. The first kappa shape index (κ1) is 10.7. The molecule has 4 nitrogen and oxygen atoms in total. The molecule has 0 aromatic rings. The van der Waals surface area contributed by atoms with Gasteiger partial charge >= 0.3 is 5.97 Å². The molecule has 1 fully saturated rings. The highest BCUT2D eigenvalue weighted by atomic mass is 16.5. The maximum absolute atomic E-state index is 11.7. The smallest absolute Gasteiger partial charge is 0.311 e. The molecule has 4 atom stereocenters. The first-order valence-corrected chi connectivity index (χ1v) is 5.14. The highest BCUT2D eigenvalue weighted by Crippen LogP contribution is 2.48. The second kappa shape index (κ2) is 4.01. The van der Waals surface area contributed by atoms with Crippen molar-refractivity contribution in [1.29, 1.82) is 0 Å². The second-order valence-electron chi connectivity index (χ2n) is 4.13. The fourth-order valence-corrected chi connectivity index (χ4v) is 2.67. The van der Waals surface area contributed by atoms with Crippen molar-refractivity contribution in [3.05, 3.63) is 12.2 Å². The van der Waals surface area contributed by atoms with Crippen LogP contribution in [0.25, 0.3) is 0 Å². The van der Waals surface area contributed by atoms with Gasteiger partial charge < -0.3 is 14.6 Å². The molecule has 0 saturated heterocycles. The molecule has 1 saturated carbocycles. The summed E-state index contributed by atoms with van der Waals surface area (Å²) >= 11 is 0. The molecular weight excluding hydrogens is 208 g/mol. The minimum absolute atomic E-state index is 0.0434. The number of carbonyl (C=O) groups is 2. The molecule has 16 heavy (non-hydrogen) atoms. The molecule has 2 aliphatic rings. The second-order valence-corrected chi connectivity index (χ2v) is 4.13. The molecule has 0 aromatic heterocycles. The summed E-state index contributed by atoms with van der Waals surface area (Å²) in [5, 5.41) is 11.0. The van der Waals surface area contributed by atoms with E-state index >= 15 is 0 Å². The van der Waals surface area contributed by atoms with Crippen molar-refractivity contribution in [2.75, 3.05) is 6.61 Å². The lowest BCUT2D eigenvalue weighted by Crippen LogP contribution is -2.41. The SMILES string of the molecule is C#CCOC(=O)[C@H]1[C@H](C(=O)[O-])[C@H]2C=C[C@@H]1C2. The fraction of sp³-hybridized carbons (Fsp3) is 0.500. The number of hydrogen-bond acceptors (Lipinski definition) is 4. The molecule has 2 bridgehead atoms. The van der Waals surface area contributed by atoms with Crippen molar-refractivity contribution in [1.82, 2.24) is 0 Å². The van der Waals surface area contributed by atoms with Crippen molar-refractivity contribution in [3.8, 4) is 12.3 Å². The van der Waals surface area contributed by atoms with Crippen LogP contribution in [0.15, 0.2) is 12.2 Å². The number of terminal acetylenes is 1. The molecule has 0 unspecified atom stereocenters. The van der Waals surface area contributed by atoms with E-state index in [4.69, 9.17) is 11.2 Å². The van der Waals surface area contributed by atoms with E-state index in [0.29, 0.717) is 6.42 Å². The first-order valence-electron chi connectivity index (χ1n) is 5.14. The maximum atomic E-state index is 11.7. The third kappa shape index (κ3) is 1.58. The van der Waals surface area contributed by atoms with Crippen LogP contribution in [0.5, 0.6) is 0 Å². The van der Waals surface area contributed by atoms with Gasteiger partial charge in [-0.2, -0.15) is 0 Å². The van der Waals surface area contributed by atoms with E-state index in [1.807, 2.05) is 12.2 Å². The third-order valence-electron chi connectivity index (χ3n) is 3.30. The lowest BCUT2D eigenvalue weighted by Gasteiger charge is -2.26. The van der Waals surface area contributed by atoms with Crippen LogP contribution in [0, 0.1) is 36.0 Å². The van der Waals surface area contributed by atoms with Crippen molar-refractivity contribution < 1.29 is 19.4 Å². The number of hydrogen-bond donors (Lipinski definition) is 0. The Hall–Kier alpha value is -1.76. The summed E-state index contributed by atoms with van der Waals surface area (Å²) in [4.78, 5) is 22.7. The van der Waals surface area contributed by atoms with E-state index in [9.17, 15) is 14.7 Å². The minimum atomic E-state index is -1.18. The van der Waals surface area contributed by atoms with Crippen LogP contribution in [0.3, 0.4) is 0 Å². The zero-order valence-corrected chi connectivity index (χ0v) is 8.59. The van der Waals surface area contributed by atoms with E-state index < -0.39 is 23.8 Å². The lowest BCUT2D eigenvalue weighted by molar-refractivity contribution is -0.314. The maximum Gasteiger partial charge on any atom is 0.311 e. The van der Waals surface area contributed by atoms with Crippen LogP contribution in [-0.2, 0) is 14.3 Å². The van der Waals surface area contributed by atoms with Crippen molar-refractivity contribution in [2.45, 2.75) is 6.42 Å². The normalized spacial score (nSPS) is 34.7. The summed E-state index contributed by atoms with van der Waals surface area (Å²) in [5.74, 6) is -1.06. The zero-order valence-electron chi connectivity index (χ0n) is 8.59. The number of aliphatic carboxylic acids is 1. The molecule has 0 aliphatic heterocycles. The van der Waals surface area contributed by atoms with Crippen LogP contribution in [0.4, 0.5) is 0 Å². The molecule has 2 rings (SSSR count). The van der Waals surface area contributed by atoms with E-state index in [1.54, 1.807) is 0 Å². The van der Waals surface area contributed by atoms with Gasteiger partial charge in [0.25, 0.3) is 0 Å². The molecule has 0 amide bonds. The Morgan fingerprint density at radius 1 is 1.38 bits per heavy atom. The zero-order chi connectivity index (χ0) is 11.7. The van der Waals surface area contributed by atoms with Gasteiger partial charge in [0.15, 0.2) is 6.61 Å². The Morgan fingerprint density at radius 2 is 2.00 bits per heavy atom. The number of esters is 1. The summed E-state index contributed by atoms with van der Waals surface area (Å²) in [6.07, 6.45) is 9.39. The molecule has 0 N–H and O–H groups in total. The van der Waals surface area contributed by atoms with Crippen LogP contribution < -0.4 is 5.11 Å². The highest BCUT2D eigenvalue weighted by Gasteiger charge is 2.49. The Labute approximate surface area is 93.3 Å². The van der Waals surface area contributed by atoms with Crippen LogP contribution in [0.1, 0.15) is 6.42 Å². The van der Waals surface area contributed by atoms with E-state index in [0.717, 1.165) is 0 Å². The van der Waals surface area contributed by atoms with Gasteiger partial charge in [0.2, 0.25) is 0 Å². The van der Waals surface area contributed by atoms with Gasteiger partial charge in [-0.3, -0.25) is 4.79 Å². The van der Waals surface area contributed by atoms with Gasteiger partial charge in [-0.25, -0.2) is 0 Å². The van der Waals surface area contributed by atoms with Crippen molar-refractivity contribution in [3.63, 3.8) is 0 Å². The summed E-state index contributed by atoms with van der Waals surface area (Å²) in [6, 6.07) is 0. The number of carboxylic acid groups (broad SMARTS) is 1. The molecule has 0 radical (unpaired) electrons. The topological polar surface area (TPSA) is 66.4 Å². The van der Waals surface area contributed by atoms with Crippen molar-refractivity contribution >= 4 is 11.9 Å². The fourth-order valence-electron chi connectivity index (χ4n) is 2.67. The number of allylic oxidation sites excluding steroid dienone is 2. The molecule has 0 aromatic carbocycles. The van der Waals surface area contributed by atoms with Gasteiger partial charge in [-0.1, -0.05) is 18.1 Å². The molecule has 0 spiro atoms. The van der Waals surface area contributed by atoms with Gasteiger partial charge in [0.1, 0.15) is 0 Å². The average Bonchev–Trinajstić information content (AvgIpc) is 2.84. The molecule has 84 valence electrons. The lowest BCUT2D eigenvalue weighted by atomic mass is 9.83. The van der Waals surface area contributed by atoms with Crippen LogP contribution in [-0.4, -0.2) is 18.5 Å². The third-order valence-corrected chi connectivity index (χ3v) is 3.30. The van der Waals surface area contributed by atoms with E-state index in [-0.39, 0.29) is 18.4 Å². The average molecular weight is 219 g/mol. The molecular formula is C12H11O4-. The highest BCUT2D eigenvalue weighted by molar-refractivity contribution is 5.82. The summed E-state index contributed by atoms with van der Waals surface area (Å²) in [7, 11) is 0. The number of carboxylic acids is 1. The summed E-state index contributed by atoms with van der Waals surface area (Å²) in [5.41, 5.74) is 0. The van der Waals surface area contributed by atoms with Crippen LogP contribution in [0.2, 0.25) is 0 Å². The molecule has 4 heteroatoms. The van der Waals surface area contributed by atoms with Gasteiger partial charge in [0.05, 0.1) is 5.92 Å².